The molecule has 3 heterocycles. The number of fused-ring (bicyclic) bond motifs is 5. The van der Waals surface area contributed by atoms with E-state index in [1.807, 2.05) is 0 Å². The zero-order valence-electron chi connectivity index (χ0n) is 15.1. The number of amides is 3. The SMILES string of the molecule is Cc1ccc(C(CC(=O)Nc2nncs2)N2C(=O)C3C4C=CC(C4)C3C2=O)o1. The van der Waals surface area contributed by atoms with Gasteiger partial charge in [-0.05, 0) is 37.3 Å². The number of carbonyl (C=O) groups excluding carboxylic acids is 3. The summed E-state index contributed by atoms with van der Waals surface area (Å²) in [5, 5.41) is 10.5. The number of imide groups is 1. The van der Waals surface area contributed by atoms with E-state index in [9.17, 15) is 14.4 Å². The number of hydrogen-bond donors (Lipinski definition) is 1. The quantitative estimate of drug-likeness (QED) is 0.612. The number of nitrogens with zero attached hydrogens (tertiary/aromatic N) is 3. The molecule has 3 aliphatic rings. The molecular formula is C19H18N4O4S. The Hall–Kier alpha value is -2.81. The molecule has 0 radical (unpaired) electrons. The van der Waals surface area contributed by atoms with Crippen molar-refractivity contribution < 1.29 is 18.8 Å². The molecule has 8 nitrogen and oxygen atoms in total. The van der Waals surface area contributed by atoms with Crippen LogP contribution in [0.1, 0.15) is 30.4 Å². The third-order valence-electron chi connectivity index (χ3n) is 5.89. The maximum absolute atomic E-state index is 13.2. The molecule has 1 saturated carbocycles. The highest BCUT2D eigenvalue weighted by Gasteiger charge is 2.60. The van der Waals surface area contributed by atoms with E-state index in [1.54, 1.807) is 19.1 Å². The van der Waals surface area contributed by atoms with Crippen molar-refractivity contribution in [2.45, 2.75) is 25.8 Å². The molecule has 144 valence electrons. The summed E-state index contributed by atoms with van der Waals surface area (Å²) in [6.07, 6.45) is 4.87. The summed E-state index contributed by atoms with van der Waals surface area (Å²) in [5.74, 6) is -0.0490. The largest absolute Gasteiger partial charge is 0.464 e. The van der Waals surface area contributed by atoms with Gasteiger partial charge in [-0.15, -0.1) is 10.2 Å². The maximum Gasteiger partial charge on any atom is 0.234 e. The summed E-state index contributed by atoms with van der Waals surface area (Å²) in [5.41, 5.74) is 1.51. The number of hydrogen-bond acceptors (Lipinski definition) is 7. The highest BCUT2D eigenvalue weighted by molar-refractivity contribution is 7.13. The zero-order valence-corrected chi connectivity index (χ0v) is 15.9. The summed E-state index contributed by atoms with van der Waals surface area (Å²) in [7, 11) is 0. The van der Waals surface area contributed by atoms with Crippen molar-refractivity contribution in [1.29, 1.82) is 0 Å². The van der Waals surface area contributed by atoms with Gasteiger partial charge in [-0.25, -0.2) is 0 Å². The normalized spacial score (nSPS) is 28.8. The lowest BCUT2D eigenvalue weighted by Crippen LogP contribution is -2.38. The molecule has 1 N–H and O–H groups in total. The molecule has 5 atom stereocenters. The third-order valence-corrected chi connectivity index (χ3v) is 6.50. The van der Waals surface area contributed by atoms with E-state index >= 15 is 0 Å². The van der Waals surface area contributed by atoms with E-state index < -0.39 is 6.04 Å². The molecule has 9 heteroatoms. The van der Waals surface area contributed by atoms with Crippen LogP contribution in [0.2, 0.25) is 0 Å². The fourth-order valence-corrected chi connectivity index (χ4v) is 5.22. The van der Waals surface area contributed by atoms with Gasteiger partial charge in [-0.2, -0.15) is 0 Å². The van der Waals surface area contributed by atoms with Crippen LogP contribution in [0.15, 0.2) is 34.2 Å². The van der Waals surface area contributed by atoms with Crippen molar-refractivity contribution in [2.24, 2.45) is 23.7 Å². The zero-order chi connectivity index (χ0) is 19.4. The van der Waals surface area contributed by atoms with Gasteiger partial charge >= 0.3 is 0 Å². The number of furan rings is 1. The number of rotatable bonds is 5. The lowest BCUT2D eigenvalue weighted by atomic mass is 9.85. The average Bonchev–Trinajstić information content (AvgIpc) is 3.45. The number of aryl methyl sites for hydroxylation is 1. The Balaban J connectivity index is 1.44. The summed E-state index contributed by atoms with van der Waals surface area (Å²) >= 11 is 1.20. The standard InChI is InChI=1S/C19H18N4O4S/c1-9-2-5-13(27-9)12(7-14(24)21-19-22-20-8-28-19)23-17(25)15-10-3-4-11(6-10)16(15)18(23)26/h2-5,8,10-12,15-16H,6-7H2,1H3,(H,21,22,24). The van der Waals surface area contributed by atoms with Crippen molar-refractivity contribution in [3.05, 3.63) is 41.3 Å². The molecule has 1 saturated heterocycles. The topological polar surface area (TPSA) is 105 Å². The van der Waals surface area contributed by atoms with Crippen molar-refractivity contribution in [3.8, 4) is 0 Å². The monoisotopic (exact) mass is 398 g/mol. The Morgan fingerprint density at radius 3 is 2.57 bits per heavy atom. The Morgan fingerprint density at radius 1 is 1.29 bits per heavy atom. The van der Waals surface area contributed by atoms with Crippen LogP contribution >= 0.6 is 11.3 Å². The highest BCUT2D eigenvalue weighted by atomic mass is 32.1. The van der Waals surface area contributed by atoms with Crippen LogP contribution in [0.3, 0.4) is 0 Å². The second-order valence-electron chi connectivity index (χ2n) is 7.51. The molecule has 5 unspecified atom stereocenters. The van der Waals surface area contributed by atoms with E-state index in [2.05, 4.69) is 27.7 Å². The lowest BCUT2D eigenvalue weighted by molar-refractivity contribution is -0.144. The van der Waals surface area contributed by atoms with Crippen LogP contribution in [0.4, 0.5) is 5.13 Å². The number of nitrogens with one attached hydrogen (secondary N) is 1. The molecule has 0 aromatic carbocycles. The second-order valence-corrected chi connectivity index (χ2v) is 8.34. The number of anilines is 1. The van der Waals surface area contributed by atoms with Gasteiger partial charge in [0.15, 0.2) is 0 Å². The van der Waals surface area contributed by atoms with E-state index in [-0.39, 0.29) is 47.8 Å². The number of allylic oxidation sites excluding steroid dienone is 2. The summed E-state index contributed by atoms with van der Waals surface area (Å²) in [6, 6.07) is 2.72. The molecule has 0 spiro atoms. The first-order chi connectivity index (χ1) is 13.5. The second kappa shape index (κ2) is 6.37. The predicted molar refractivity (Wildman–Crippen MR) is 98.9 cm³/mol. The Bertz CT molecular complexity index is 952. The van der Waals surface area contributed by atoms with Crippen molar-refractivity contribution in [3.63, 3.8) is 0 Å². The maximum atomic E-state index is 13.2. The van der Waals surface area contributed by atoms with Crippen molar-refractivity contribution >= 4 is 34.2 Å². The van der Waals surface area contributed by atoms with Gasteiger partial charge in [-0.3, -0.25) is 19.3 Å². The molecule has 3 amide bonds. The molecule has 2 fully saturated rings. The first-order valence-corrected chi connectivity index (χ1v) is 10.1. The molecule has 2 aliphatic carbocycles. The number of carbonyl (C=O) groups is 3. The number of likely N-dealkylation sites (tertiary alicyclic amines) is 1. The van der Waals surface area contributed by atoms with Crippen molar-refractivity contribution in [2.75, 3.05) is 5.32 Å². The van der Waals surface area contributed by atoms with Crippen LogP contribution in [-0.4, -0.2) is 32.8 Å². The third kappa shape index (κ3) is 2.61. The number of aromatic nitrogens is 2. The molecule has 1 aliphatic heterocycles. The minimum absolute atomic E-state index is 0.0911. The minimum atomic E-state index is -0.772. The van der Waals surface area contributed by atoms with Gasteiger partial charge < -0.3 is 9.73 Å². The molecule has 2 bridgehead atoms. The van der Waals surface area contributed by atoms with Gasteiger partial charge in [0.05, 0.1) is 18.3 Å². The van der Waals surface area contributed by atoms with E-state index in [0.717, 1.165) is 6.42 Å². The molecule has 2 aromatic rings. The first kappa shape index (κ1) is 17.3. The first-order valence-electron chi connectivity index (χ1n) is 9.20. The summed E-state index contributed by atoms with van der Waals surface area (Å²) < 4.78 is 5.72. The van der Waals surface area contributed by atoms with Crippen LogP contribution in [0, 0.1) is 30.6 Å². The fraction of sp³-hybridized carbons (Fsp3) is 0.421. The van der Waals surface area contributed by atoms with Crippen LogP contribution in [0.5, 0.6) is 0 Å². The smallest absolute Gasteiger partial charge is 0.234 e. The molecule has 28 heavy (non-hydrogen) atoms. The van der Waals surface area contributed by atoms with E-state index in [0.29, 0.717) is 16.7 Å². The summed E-state index contributed by atoms with van der Waals surface area (Å²) in [6.45, 7) is 1.79. The predicted octanol–water partition coefficient (Wildman–Crippen LogP) is 2.32. The molecular weight excluding hydrogens is 380 g/mol. The van der Waals surface area contributed by atoms with Crippen LogP contribution in [0.25, 0.3) is 0 Å². The van der Waals surface area contributed by atoms with Gasteiger partial charge in [-0.1, -0.05) is 23.5 Å². The summed E-state index contributed by atoms with van der Waals surface area (Å²) in [4.78, 5) is 40.2. The Kier molecular flexibility index (Phi) is 3.94. The van der Waals surface area contributed by atoms with Crippen LogP contribution in [-0.2, 0) is 14.4 Å². The Morgan fingerprint density at radius 2 is 2.00 bits per heavy atom. The van der Waals surface area contributed by atoms with Gasteiger partial charge in [0.2, 0.25) is 22.9 Å². The fourth-order valence-electron chi connectivity index (χ4n) is 4.76. The van der Waals surface area contributed by atoms with Gasteiger partial charge in [0.25, 0.3) is 0 Å². The van der Waals surface area contributed by atoms with Gasteiger partial charge in [0, 0.05) is 0 Å². The average molecular weight is 398 g/mol. The highest BCUT2D eigenvalue weighted by Crippen LogP contribution is 2.54. The van der Waals surface area contributed by atoms with Crippen molar-refractivity contribution in [1.82, 2.24) is 15.1 Å². The Labute approximate surface area is 164 Å². The van der Waals surface area contributed by atoms with E-state index in [4.69, 9.17) is 4.42 Å². The molecule has 2 aromatic heterocycles. The van der Waals surface area contributed by atoms with Gasteiger partial charge in [0.1, 0.15) is 23.1 Å². The van der Waals surface area contributed by atoms with E-state index in [1.165, 1.54) is 21.7 Å². The molecule has 5 rings (SSSR count). The minimum Gasteiger partial charge on any atom is -0.464 e. The van der Waals surface area contributed by atoms with Crippen LogP contribution < -0.4 is 5.32 Å². The lowest BCUT2D eigenvalue weighted by Gasteiger charge is -2.26.